The van der Waals surface area contributed by atoms with E-state index in [2.05, 4.69) is 0 Å². The van der Waals surface area contributed by atoms with E-state index >= 15 is 0 Å². The van der Waals surface area contributed by atoms with Crippen LogP contribution >= 0.6 is 0 Å². The molecule has 2 unspecified atom stereocenters. The van der Waals surface area contributed by atoms with Crippen molar-refractivity contribution in [1.82, 2.24) is 0 Å². The van der Waals surface area contributed by atoms with Gasteiger partial charge in [0.05, 0.1) is 6.61 Å². The number of hydrogen-bond donors (Lipinski definition) is 1. The Morgan fingerprint density at radius 2 is 2.40 bits per heavy atom. The van der Waals surface area contributed by atoms with Crippen LogP contribution in [0.15, 0.2) is 0 Å². The van der Waals surface area contributed by atoms with E-state index < -0.39 is 12.1 Å². The Hall–Kier alpha value is -0.120. The predicted octanol–water partition coefficient (Wildman–Crippen LogP) is 0.868. The first-order valence-electron chi connectivity index (χ1n) is 3.66. The van der Waals surface area contributed by atoms with Gasteiger partial charge in [0.15, 0.2) is 12.1 Å². The third-order valence-corrected chi connectivity index (χ3v) is 1.80. The number of hydrogen-bond acceptors (Lipinski definition) is 3. The molecule has 1 fully saturated rings. The van der Waals surface area contributed by atoms with E-state index in [-0.39, 0.29) is 0 Å². The van der Waals surface area contributed by atoms with Crippen LogP contribution in [-0.2, 0) is 9.47 Å². The third-order valence-electron chi connectivity index (χ3n) is 1.80. The molecular formula is C7H14O3. The van der Waals surface area contributed by atoms with Crippen molar-refractivity contribution in [3.8, 4) is 0 Å². The maximum Gasteiger partial charge on any atom is 0.168 e. The molecule has 0 aromatic rings. The van der Waals surface area contributed by atoms with Crippen LogP contribution in [-0.4, -0.2) is 23.8 Å². The van der Waals surface area contributed by atoms with Gasteiger partial charge in [-0.15, -0.1) is 0 Å². The largest absolute Gasteiger partial charge is 0.368 e. The molecule has 0 bridgehead atoms. The van der Waals surface area contributed by atoms with Gasteiger partial charge in [-0.1, -0.05) is 6.92 Å². The molecule has 0 spiro atoms. The summed E-state index contributed by atoms with van der Waals surface area (Å²) >= 11 is 0. The van der Waals surface area contributed by atoms with Crippen molar-refractivity contribution in [2.75, 3.05) is 6.61 Å². The van der Waals surface area contributed by atoms with Crippen LogP contribution in [0.25, 0.3) is 0 Å². The summed E-state index contributed by atoms with van der Waals surface area (Å²) in [6, 6.07) is 0. The van der Waals surface area contributed by atoms with Crippen molar-refractivity contribution in [3.05, 3.63) is 0 Å². The van der Waals surface area contributed by atoms with Crippen molar-refractivity contribution in [1.29, 1.82) is 0 Å². The monoisotopic (exact) mass is 146 g/mol. The molecule has 0 radical (unpaired) electrons. The van der Waals surface area contributed by atoms with Gasteiger partial charge in [0.2, 0.25) is 0 Å². The van der Waals surface area contributed by atoms with Crippen LogP contribution in [0.3, 0.4) is 0 Å². The van der Waals surface area contributed by atoms with Gasteiger partial charge in [-0.2, -0.15) is 0 Å². The van der Waals surface area contributed by atoms with Crippen LogP contribution in [0.2, 0.25) is 0 Å². The van der Waals surface area contributed by atoms with Gasteiger partial charge in [0.1, 0.15) is 0 Å². The fourth-order valence-electron chi connectivity index (χ4n) is 0.942. The van der Waals surface area contributed by atoms with E-state index in [4.69, 9.17) is 14.6 Å². The minimum Gasteiger partial charge on any atom is -0.368 e. The van der Waals surface area contributed by atoms with Gasteiger partial charge in [-0.3, -0.25) is 0 Å². The average Bonchev–Trinajstić information content (AvgIpc) is 1.88. The number of rotatable bonds is 1. The Morgan fingerprint density at radius 3 is 2.80 bits per heavy atom. The SMILES string of the molecule is CCC1(C)OCCC(O)O1. The maximum absolute atomic E-state index is 9.07. The van der Waals surface area contributed by atoms with Crippen molar-refractivity contribution >= 4 is 0 Å². The summed E-state index contributed by atoms with van der Waals surface area (Å²) in [5.74, 6) is -0.558. The lowest BCUT2D eigenvalue weighted by molar-refractivity contribution is -0.328. The smallest absolute Gasteiger partial charge is 0.168 e. The maximum atomic E-state index is 9.07. The van der Waals surface area contributed by atoms with Gasteiger partial charge in [0, 0.05) is 6.42 Å². The number of aliphatic hydroxyl groups excluding tert-OH is 1. The number of ether oxygens (including phenoxy) is 2. The Bertz CT molecular complexity index is 115. The fraction of sp³-hybridized carbons (Fsp3) is 1.00. The summed E-state index contributed by atoms with van der Waals surface area (Å²) in [7, 11) is 0. The topological polar surface area (TPSA) is 38.7 Å². The summed E-state index contributed by atoms with van der Waals surface area (Å²) in [5.41, 5.74) is 0. The van der Waals surface area contributed by atoms with Crippen molar-refractivity contribution < 1.29 is 14.6 Å². The fourth-order valence-corrected chi connectivity index (χ4v) is 0.942. The molecule has 0 saturated carbocycles. The van der Waals surface area contributed by atoms with Crippen molar-refractivity contribution in [2.45, 2.75) is 38.8 Å². The zero-order chi connectivity index (χ0) is 7.61. The van der Waals surface area contributed by atoms with Crippen LogP contribution in [0, 0.1) is 0 Å². The summed E-state index contributed by atoms with van der Waals surface area (Å²) in [5, 5.41) is 9.07. The molecule has 10 heavy (non-hydrogen) atoms. The van der Waals surface area contributed by atoms with E-state index in [9.17, 15) is 0 Å². The molecule has 2 atom stereocenters. The molecule has 1 aliphatic rings. The highest BCUT2D eigenvalue weighted by Crippen LogP contribution is 2.24. The molecule has 0 amide bonds. The van der Waals surface area contributed by atoms with Crippen LogP contribution in [0.4, 0.5) is 0 Å². The van der Waals surface area contributed by atoms with E-state index in [0.29, 0.717) is 13.0 Å². The first-order valence-corrected chi connectivity index (χ1v) is 3.66. The molecule has 0 aromatic carbocycles. The Kier molecular flexibility index (Phi) is 2.28. The average molecular weight is 146 g/mol. The lowest BCUT2D eigenvalue weighted by Gasteiger charge is -2.35. The van der Waals surface area contributed by atoms with Crippen LogP contribution in [0.5, 0.6) is 0 Å². The first-order chi connectivity index (χ1) is 4.66. The van der Waals surface area contributed by atoms with E-state index in [1.54, 1.807) is 0 Å². The zero-order valence-electron chi connectivity index (χ0n) is 6.46. The summed E-state index contributed by atoms with van der Waals surface area (Å²) in [4.78, 5) is 0. The Labute approximate surface area is 60.9 Å². The quantitative estimate of drug-likeness (QED) is 0.596. The van der Waals surface area contributed by atoms with Gasteiger partial charge in [-0.25, -0.2) is 0 Å². The Morgan fingerprint density at radius 1 is 1.70 bits per heavy atom. The summed E-state index contributed by atoms with van der Waals surface area (Å²) in [6.07, 6.45) is 0.707. The third kappa shape index (κ3) is 1.68. The molecule has 0 aromatic heterocycles. The van der Waals surface area contributed by atoms with Crippen LogP contribution < -0.4 is 0 Å². The van der Waals surface area contributed by atoms with Gasteiger partial charge < -0.3 is 14.6 Å². The molecule has 1 aliphatic heterocycles. The van der Waals surface area contributed by atoms with Gasteiger partial charge >= 0.3 is 0 Å². The highest BCUT2D eigenvalue weighted by Gasteiger charge is 2.30. The lowest BCUT2D eigenvalue weighted by Crippen LogP contribution is -2.41. The predicted molar refractivity (Wildman–Crippen MR) is 36.4 cm³/mol. The molecule has 3 heteroatoms. The molecular weight excluding hydrogens is 132 g/mol. The second kappa shape index (κ2) is 2.86. The molecule has 60 valence electrons. The van der Waals surface area contributed by atoms with E-state index in [0.717, 1.165) is 6.42 Å². The molecule has 1 saturated heterocycles. The second-order valence-electron chi connectivity index (χ2n) is 2.70. The van der Waals surface area contributed by atoms with Gasteiger partial charge in [0.25, 0.3) is 0 Å². The van der Waals surface area contributed by atoms with E-state index in [1.807, 2.05) is 13.8 Å². The summed E-state index contributed by atoms with van der Waals surface area (Å²) in [6.45, 7) is 4.40. The van der Waals surface area contributed by atoms with E-state index in [1.165, 1.54) is 0 Å². The van der Waals surface area contributed by atoms with Gasteiger partial charge in [-0.05, 0) is 13.3 Å². The normalized spacial score (nSPS) is 41.7. The van der Waals surface area contributed by atoms with Crippen molar-refractivity contribution in [2.24, 2.45) is 0 Å². The summed E-state index contributed by atoms with van der Waals surface area (Å²) < 4.78 is 10.5. The minimum atomic E-state index is -0.640. The zero-order valence-corrected chi connectivity index (χ0v) is 6.46. The molecule has 0 aliphatic carbocycles. The molecule has 3 nitrogen and oxygen atoms in total. The second-order valence-corrected chi connectivity index (χ2v) is 2.70. The van der Waals surface area contributed by atoms with Crippen molar-refractivity contribution in [3.63, 3.8) is 0 Å². The van der Waals surface area contributed by atoms with Crippen LogP contribution in [0.1, 0.15) is 26.7 Å². The Balaban J connectivity index is 2.45. The number of aliphatic hydroxyl groups is 1. The molecule has 1 rings (SSSR count). The first kappa shape index (κ1) is 7.98. The lowest BCUT2D eigenvalue weighted by atomic mass is 10.2. The minimum absolute atomic E-state index is 0.558. The highest BCUT2D eigenvalue weighted by atomic mass is 16.8. The molecule has 1 heterocycles. The standard InChI is InChI=1S/C7H14O3/c1-3-7(2)9-5-4-6(8)10-7/h6,8H,3-5H2,1-2H3. The highest BCUT2D eigenvalue weighted by molar-refractivity contribution is 4.65. The molecule has 1 N–H and O–H groups in total.